The van der Waals surface area contributed by atoms with Gasteiger partial charge in [-0.05, 0) is 50.4 Å². The quantitative estimate of drug-likeness (QED) is 0.708. The number of pyridine rings is 1. The van der Waals surface area contributed by atoms with Crippen LogP contribution in [0.1, 0.15) is 31.2 Å². The molecule has 2 fully saturated rings. The number of rotatable bonds is 5. The van der Waals surface area contributed by atoms with E-state index in [9.17, 15) is 18.3 Å². The maximum absolute atomic E-state index is 12.6. The van der Waals surface area contributed by atoms with E-state index in [4.69, 9.17) is 5.14 Å². The van der Waals surface area contributed by atoms with Crippen LogP contribution < -0.4 is 5.14 Å². The zero-order valence-electron chi connectivity index (χ0n) is 15.5. The van der Waals surface area contributed by atoms with Gasteiger partial charge in [0.2, 0.25) is 15.9 Å². The summed E-state index contributed by atoms with van der Waals surface area (Å²) in [5.74, 6) is -0.00550. The van der Waals surface area contributed by atoms with Gasteiger partial charge in [0.05, 0.1) is 23.8 Å². The molecular weight excluding hydrogens is 368 g/mol. The van der Waals surface area contributed by atoms with Crippen molar-refractivity contribution in [1.29, 1.82) is 0 Å². The summed E-state index contributed by atoms with van der Waals surface area (Å²) in [5.41, 5.74) is -0.0984. The summed E-state index contributed by atoms with van der Waals surface area (Å²) >= 11 is 0. The molecule has 1 unspecified atom stereocenters. The number of hydrogen-bond donors (Lipinski definition) is 2. The number of primary sulfonamides is 1. The minimum absolute atomic E-state index is 0.00550. The van der Waals surface area contributed by atoms with Gasteiger partial charge in [-0.2, -0.15) is 0 Å². The van der Waals surface area contributed by atoms with Gasteiger partial charge in [0.1, 0.15) is 0 Å². The highest BCUT2D eigenvalue weighted by atomic mass is 32.2. The Morgan fingerprint density at radius 2 is 2.07 bits per heavy atom. The van der Waals surface area contributed by atoms with Crippen LogP contribution in [0, 0.1) is 0 Å². The number of likely N-dealkylation sites (tertiary alicyclic amines) is 2. The van der Waals surface area contributed by atoms with Crippen molar-refractivity contribution in [2.24, 2.45) is 5.14 Å². The normalized spacial score (nSPS) is 25.5. The van der Waals surface area contributed by atoms with Gasteiger partial charge in [-0.1, -0.05) is 6.07 Å². The van der Waals surface area contributed by atoms with Crippen molar-refractivity contribution in [2.75, 3.05) is 32.7 Å². The fourth-order valence-electron chi connectivity index (χ4n) is 4.06. The average molecular weight is 397 g/mol. The molecular formula is C18H28N4O4S. The van der Waals surface area contributed by atoms with Crippen molar-refractivity contribution in [2.45, 2.75) is 43.0 Å². The lowest BCUT2D eigenvalue weighted by molar-refractivity contribution is -0.138. The van der Waals surface area contributed by atoms with Crippen LogP contribution >= 0.6 is 0 Å². The van der Waals surface area contributed by atoms with E-state index in [-0.39, 0.29) is 12.3 Å². The second-order valence-corrected chi connectivity index (χ2v) is 9.59. The van der Waals surface area contributed by atoms with E-state index in [0.717, 1.165) is 12.0 Å². The minimum Gasteiger partial charge on any atom is -0.387 e. The minimum atomic E-state index is -3.49. The number of aliphatic hydroxyl groups is 1. The second kappa shape index (κ2) is 8.22. The maximum atomic E-state index is 12.6. The highest BCUT2D eigenvalue weighted by Crippen LogP contribution is 2.25. The molecule has 0 aromatic carbocycles. The number of nitrogens with two attached hydrogens (primary N) is 1. The van der Waals surface area contributed by atoms with Gasteiger partial charge in [-0.25, -0.2) is 13.6 Å². The molecule has 0 saturated carbocycles. The topological polar surface area (TPSA) is 117 Å². The predicted molar refractivity (Wildman–Crippen MR) is 101 cm³/mol. The molecule has 3 rings (SSSR count). The first-order chi connectivity index (χ1) is 12.8. The third-order valence-electron chi connectivity index (χ3n) is 5.50. The Morgan fingerprint density at radius 1 is 1.33 bits per heavy atom. The molecule has 2 aliphatic rings. The Bertz CT molecular complexity index is 750. The van der Waals surface area contributed by atoms with Crippen LogP contribution in [-0.4, -0.2) is 77.8 Å². The smallest absolute Gasteiger partial charge is 0.227 e. The van der Waals surface area contributed by atoms with Crippen LogP contribution in [0.3, 0.4) is 0 Å². The third-order valence-corrected chi connectivity index (χ3v) is 6.90. The molecule has 1 aromatic heterocycles. The van der Waals surface area contributed by atoms with E-state index >= 15 is 0 Å². The molecule has 2 saturated heterocycles. The van der Waals surface area contributed by atoms with E-state index in [2.05, 4.69) is 9.88 Å². The molecule has 9 heteroatoms. The molecule has 150 valence electrons. The molecule has 0 aliphatic carbocycles. The standard InChI is InChI=1S/C18H28N4O4S/c19-27(25,26)16-4-9-21(10-5-16)13-18(24)6-2-8-22(14-18)17(23)11-15-3-1-7-20-12-15/h1,3,7,12,16,24H,2,4-6,8-11,13-14H2,(H2,19,25,26). The lowest BCUT2D eigenvalue weighted by atomic mass is 9.91. The number of hydrogen-bond acceptors (Lipinski definition) is 6. The molecule has 1 aromatic rings. The van der Waals surface area contributed by atoms with Crippen LogP contribution in [0.25, 0.3) is 0 Å². The van der Waals surface area contributed by atoms with E-state index in [0.29, 0.717) is 52.0 Å². The summed E-state index contributed by atoms with van der Waals surface area (Å²) < 4.78 is 23.0. The van der Waals surface area contributed by atoms with Crippen molar-refractivity contribution in [3.63, 3.8) is 0 Å². The summed E-state index contributed by atoms with van der Waals surface area (Å²) in [6.07, 6.45) is 6.00. The van der Waals surface area contributed by atoms with Crippen molar-refractivity contribution >= 4 is 15.9 Å². The maximum Gasteiger partial charge on any atom is 0.227 e. The molecule has 3 heterocycles. The van der Waals surface area contributed by atoms with Crippen molar-refractivity contribution in [3.8, 4) is 0 Å². The van der Waals surface area contributed by atoms with Gasteiger partial charge in [0, 0.05) is 25.5 Å². The molecule has 1 amide bonds. The van der Waals surface area contributed by atoms with Gasteiger partial charge in [0.25, 0.3) is 0 Å². The van der Waals surface area contributed by atoms with Crippen molar-refractivity contribution in [3.05, 3.63) is 30.1 Å². The Balaban J connectivity index is 1.54. The first-order valence-electron chi connectivity index (χ1n) is 9.38. The summed E-state index contributed by atoms with van der Waals surface area (Å²) in [7, 11) is -3.49. The van der Waals surface area contributed by atoms with Crippen LogP contribution in [0.5, 0.6) is 0 Å². The van der Waals surface area contributed by atoms with Gasteiger partial charge >= 0.3 is 0 Å². The lowest BCUT2D eigenvalue weighted by Crippen LogP contribution is -2.57. The third kappa shape index (κ3) is 5.47. The zero-order valence-corrected chi connectivity index (χ0v) is 16.3. The first kappa shape index (κ1) is 20.2. The van der Waals surface area contributed by atoms with Crippen LogP contribution in [0.15, 0.2) is 24.5 Å². The van der Waals surface area contributed by atoms with Crippen molar-refractivity contribution in [1.82, 2.24) is 14.8 Å². The van der Waals surface area contributed by atoms with Gasteiger partial charge in [0.15, 0.2) is 0 Å². The van der Waals surface area contributed by atoms with Gasteiger partial charge in [-0.3, -0.25) is 9.78 Å². The molecule has 1 atom stereocenters. The predicted octanol–water partition coefficient (Wildman–Crippen LogP) is -0.269. The summed E-state index contributed by atoms with van der Waals surface area (Å²) in [6.45, 7) is 2.58. The Morgan fingerprint density at radius 3 is 2.70 bits per heavy atom. The van der Waals surface area contributed by atoms with Gasteiger partial charge in [-0.15, -0.1) is 0 Å². The van der Waals surface area contributed by atoms with Crippen molar-refractivity contribution < 1.29 is 18.3 Å². The molecule has 3 N–H and O–H groups in total. The number of amides is 1. The molecule has 27 heavy (non-hydrogen) atoms. The Labute approximate surface area is 160 Å². The fraction of sp³-hybridized carbons (Fsp3) is 0.667. The zero-order chi connectivity index (χ0) is 19.5. The lowest BCUT2D eigenvalue weighted by Gasteiger charge is -2.43. The number of nitrogens with zero attached hydrogens (tertiary/aromatic N) is 3. The molecule has 0 radical (unpaired) electrons. The van der Waals surface area contributed by atoms with E-state index in [1.165, 1.54) is 0 Å². The average Bonchev–Trinajstić information content (AvgIpc) is 2.62. The number of carbonyl (C=O) groups is 1. The van der Waals surface area contributed by atoms with E-state index in [1.807, 2.05) is 6.07 Å². The number of aromatic nitrogens is 1. The fourth-order valence-corrected chi connectivity index (χ4v) is 4.92. The largest absolute Gasteiger partial charge is 0.387 e. The molecule has 8 nitrogen and oxygen atoms in total. The number of carbonyl (C=O) groups excluding carboxylic acids is 1. The monoisotopic (exact) mass is 396 g/mol. The summed E-state index contributed by atoms with van der Waals surface area (Å²) in [6, 6.07) is 3.68. The highest BCUT2D eigenvalue weighted by Gasteiger charge is 2.38. The van der Waals surface area contributed by atoms with Gasteiger partial charge < -0.3 is 14.9 Å². The summed E-state index contributed by atoms with van der Waals surface area (Å²) in [4.78, 5) is 20.4. The highest BCUT2D eigenvalue weighted by molar-refractivity contribution is 7.89. The van der Waals surface area contributed by atoms with E-state index < -0.39 is 20.9 Å². The summed E-state index contributed by atoms with van der Waals surface area (Å²) in [5, 5.41) is 15.8. The molecule has 0 bridgehead atoms. The Kier molecular flexibility index (Phi) is 6.15. The second-order valence-electron chi connectivity index (χ2n) is 7.75. The number of sulfonamides is 1. The number of β-amino-alcohol motifs (C(OH)–C–C–N with tert-alkyl or cyclic N) is 1. The number of piperidine rings is 2. The molecule has 0 spiro atoms. The van der Waals surface area contributed by atoms with Crippen LogP contribution in [0.4, 0.5) is 0 Å². The van der Waals surface area contributed by atoms with Crippen LogP contribution in [-0.2, 0) is 21.2 Å². The van der Waals surface area contributed by atoms with Crippen LogP contribution in [0.2, 0.25) is 0 Å². The SMILES string of the molecule is NS(=O)(=O)C1CCN(CC2(O)CCCN(C(=O)Cc3cccnc3)C2)CC1. The first-order valence-corrected chi connectivity index (χ1v) is 11.0. The Hall–Kier alpha value is -1.55. The van der Waals surface area contributed by atoms with E-state index in [1.54, 1.807) is 23.4 Å². The molecule has 2 aliphatic heterocycles.